The summed E-state index contributed by atoms with van der Waals surface area (Å²) in [4.78, 5) is 8.92. The second-order valence-corrected chi connectivity index (χ2v) is 6.83. The van der Waals surface area contributed by atoms with E-state index in [2.05, 4.69) is 21.5 Å². The van der Waals surface area contributed by atoms with E-state index in [1.165, 1.54) is 25.7 Å². The van der Waals surface area contributed by atoms with Crippen LogP contribution in [0.4, 0.5) is 5.95 Å². The number of ether oxygens (including phenoxy) is 1. The number of aromatic nitrogens is 2. The standard InChI is InChI=1S/C15H25N3OS/c1-10(2)19-14-9-11(3)16-15(18-14)17-12-5-7-13(20-4)8-6-12/h9-10,12-13H,5-8H2,1-4H3,(H,16,17,18). The third-order valence-electron chi connectivity index (χ3n) is 3.53. The van der Waals surface area contributed by atoms with Crippen LogP contribution in [0.1, 0.15) is 45.2 Å². The minimum Gasteiger partial charge on any atom is -0.475 e. The van der Waals surface area contributed by atoms with E-state index < -0.39 is 0 Å². The molecule has 4 nitrogen and oxygen atoms in total. The Morgan fingerprint density at radius 3 is 2.55 bits per heavy atom. The van der Waals surface area contributed by atoms with Crippen LogP contribution in [0.15, 0.2) is 6.07 Å². The number of thioether (sulfide) groups is 1. The molecule has 0 aromatic carbocycles. The highest BCUT2D eigenvalue weighted by molar-refractivity contribution is 7.99. The lowest BCUT2D eigenvalue weighted by molar-refractivity contribution is 0.232. The number of hydrogen-bond acceptors (Lipinski definition) is 5. The summed E-state index contributed by atoms with van der Waals surface area (Å²) in [5.74, 6) is 1.36. The molecule has 0 atom stereocenters. The molecule has 20 heavy (non-hydrogen) atoms. The molecule has 1 aromatic heterocycles. The Hall–Kier alpha value is -0.970. The highest BCUT2D eigenvalue weighted by Crippen LogP contribution is 2.28. The summed E-state index contributed by atoms with van der Waals surface area (Å²) in [5.41, 5.74) is 0.941. The van der Waals surface area contributed by atoms with Gasteiger partial charge in [0.05, 0.1) is 6.10 Å². The zero-order valence-corrected chi connectivity index (χ0v) is 13.7. The maximum atomic E-state index is 5.66. The molecule has 0 spiro atoms. The molecular weight excluding hydrogens is 270 g/mol. The Bertz CT molecular complexity index is 431. The van der Waals surface area contributed by atoms with Crippen LogP contribution in [-0.4, -0.2) is 33.6 Å². The first-order chi connectivity index (χ1) is 9.56. The normalized spacial score (nSPS) is 22.9. The highest BCUT2D eigenvalue weighted by Gasteiger charge is 2.21. The molecule has 0 radical (unpaired) electrons. The molecule has 1 aromatic rings. The summed E-state index contributed by atoms with van der Waals surface area (Å²) >= 11 is 1.99. The first-order valence-corrected chi connectivity index (χ1v) is 8.67. The number of rotatable bonds is 5. The van der Waals surface area contributed by atoms with Gasteiger partial charge in [0, 0.05) is 23.1 Å². The van der Waals surface area contributed by atoms with Crippen molar-refractivity contribution in [2.75, 3.05) is 11.6 Å². The number of anilines is 1. The van der Waals surface area contributed by atoms with Crippen molar-refractivity contribution in [2.45, 2.75) is 63.9 Å². The number of hydrogen-bond donors (Lipinski definition) is 1. The van der Waals surface area contributed by atoms with E-state index in [1.54, 1.807) is 0 Å². The van der Waals surface area contributed by atoms with Gasteiger partial charge >= 0.3 is 0 Å². The third kappa shape index (κ3) is 4.54. The van der Waals surface area contributed by atoms with Crippen LogP contribution in [0.5, 0.6) is 5.88 Å². The molecule has 112 valence electrons. The Kier molecular flexibility index (Phi) is 5.52. The fraction of sp³-hybridized carbons (Fsp3) is 0.733. The first-order valence-electron chi connectivity index (χ1n) is 7.38. The Morgan fingerprint density at radius 1 is 1.25 bits per heavy atom. The van der Waals surface area contributed by atoms with E-state index >= 15 is 0 Å². The van der Waals surface area contributed by atoms with E-state index in [4.69, 9.17) is 4.74 Å². The molecule has 5 heteroatoms. The number of nitrogens with zero attached hydrogens (tertiary/aromatic N) is 2. The second-order valence-electron chi connectivity index (χ2n) is 5.69. The topological polar surface area (TPSA) is 47.0 Å². The number of nitrogens with one attached hydrogen (secondary N) is 1. The molecule has 1 aliphatic rings. The Labute approximate surface area is 126 Å². The van der Waals surface area contributed by atoms with Crippen LogP contribution in [-0.2, 0) is 0 Å². The molecular formula is C15H25N3OS. The highest BCUT2D eigenvalue weighted by atomic mass is 32.2. The minimum absolute atomic E-state index is 0.133. The van der Waals surface area contributed by atoms with Crippen LogP contribution in [0.3, 0.4) is 0 Å². The van der Waals surface area contributed by atoms with Crippen molar-refractivity contribution in [1.29, 1.82) is 0 Å². The van der Waals surface area contributed by atoms with Gasteiger partial charge in [-0.1, -0.05) is 0 Å². The first kappa shape index (κ1) is 15.4. The molecule has 0 aliphatic heterocycles. The predicted octanol–water partition coefficient (Wildman–Crippen LogP) is 3.66. The smallest absolute Gasteiger partial charge is 0.226 e. The molecule has 0 amide bonds. The van der Waals surface area contributed by atoms with Gasteiger partial charge in [0.15, 0.2) is 0 Å². The summed E-state index contributed by atoms with van der Waals surface area (Å²) in [6.45, 7) is 5.99. The van der Waals surface area contributed by atoms with Gasteiger partial charge in [0.2, 0.25) is 11.8 Å². The zero-order chi connectivity index (χ0) is 14.5. The molecule has 0 saturated heterocycles. The third-order valence-corrected chi connectivity index (χ3v) is 4.67. The van der Waals surface area contributed by atoms with Crippen LogP contribution in [0.2, 0.25) is 0 Å². The van der Waals surface area contributed by atoms with Gasteiger partial charge in [-0.3, -0.25) is 0 Å². The maximum absolute atomic E-state index is 5.66. The van der Waals surface area contributed by atoms with Gasteiger partial charge in [-0.15, -0.1) is 0 Å². The van der Waals surface area contributed by atoms with Crippen molar-refractivity contribution in [3.05, 3.63) is 11.8 Å². The molecule has 1 N–H and O–H groups in total. The van der Waals surface area contributed by atoms with Gasteiger partial charge < -0.3 is 10.1 Å². The molecule has 1 saturated carbocycles. The summed E-state index contributed by atoms with van der Waals surface area (Å²) in [6, 6.07) is 2.38. The van der Waals surface area contributed by atoms with Gasteiger partial charge in [0.1, 0.15) is 0 Å². The summed E-state index contributed by atoms with van der Waals surface area (Å²) in [6.07, 6.45) is 7.29. The largest absolute Gasteiger partial charge is 0.475 e. The lowest BCUT2D eigenvalue weighted by Crippen LogP contribution is -2.28. The average Bonchev–Trinajstić information content (AvgIpc) is 2.38. The van der Waals surface area contributed by atoms with Gasteiger partial charge in [-0.25, -0.2) is 4.98 Å². The molecule has 2 rings (SSSR count). The van der Waals surface area contributed by atoms with Crippen molar-refractivity contribution >= 4 is 17.7 Å². The van der Waals surface area contributed by atoms with E-state index in [-0.39, 0.29) is 6.10 Å². The van der Waals surface area contributed by atoms with Gasteiger partial charge in [-0.05, 0) is 52.7 Å². The minimum atomic E-state index is 0.133. The van der Waals surface area contributed by atoms with Crippen LogP contribution >= 0.6 is 11.8 Å². The fourth-order valence-corrected chi connectivity index (χ4v) is 3.28. The summed E-state index contributed by atoms with van der Waals surface area (Å²) in [7, 11) is 0. The Balaban J connectivity index is 1.97. The molecule has 1 heterocycles. The van der Waals surface area contributed by atoms with Crippen molar-refractivity contribution in [3.63, 3.8) is 0 Å². The van der Waals surface area contributed by atoms with Crippen LogP contribution < -0.4 is 10.1 Å². The van der Waals surface area contributed by atoms with E-state index in [9.17, 15) is 0 Å². The van der Waals surface area contributed by atoms with Gasteiger partial charge in [-0.2, -0.15) is 16.7 Å². The lowest BCUT2D eigenvalue weighted by atomic mass is 9.95. The Morgan fingerprint density at radius 2 is 1.95 bits per heavy atom. The van der Waals surface area contributed by atoms with Crippen molar-refractivity contribution in [2.24, 2.45) is 0 Å². The lowest BCUT2D eigenvalue weighted by Gasteiger charge is -2.28. The SMILES string of the molecule is CSC1CCC(Nc2nc(C)cc(OC(C)C)n2)CC1. The van der Waals surface area contributed by atoms with E-state index in [0.717, 1.165) is 10.9 Å². The zero-order valence-electron chi connectivity index (χ0n) is 12.8. The van der Waals surface area contributed by atoms with Crippen molar-refractivity contribution < 1.29 is 4.74 Å². The molecule has 0 bridgehead atoms. The molecule has 0 unspecified atom stereocenters. The predicted molar refractivity (Wildman–Crippen MR) is 85.7 cm³/mol. The van der Waals surface area contributed by atoms with E-state index in [1.807, 2.05) is 38.6 Å². The fourth-order valence-electron chi connectivity index (χ4n) is 2.53. The van der Waals surface area contributed by atoms with Crippen LogP contribution in [0.25, 0.3) is 0 Å². The quantitative estimate of drug-likeness (QED) is 0.898. The molecule has 1 aliphatic carbocycles. The van der Waals surface area contributed by atoms with Gasteiger partial charge in [0.25, 0.3) is 0 Å². The average molecular weight is 295 g/mol. The second kappa shape index (κ2) is 7.16. The van der Waals surface area contributed by atoms with E-state index in [0.29, 0.717) is 17.9 Å². The summed E-state index contributed by atoms with van der Waals surface area (Å²) < 4.78 is 5.66. The number of aryl methyl sites for hydroxylation is 1. The molecule has 1 fully saturated rings. The van der Waals surface area contributed by atoms with Crippen molar-refractivity contribution in [3.8, 4) is 5.88 Å². The van der Waals surface area contributed by atoms with Crippen LogP contribution in [0, 0.1) is 6.92 Å². The summed E-state index contributed by atoms with van der Waals surface area (Å²) in [5, 5.41) is 4.29. The van der Waals surface area contributed by atoms with Crippen molar-refractivity contribution in [1.82, 2.24) is 9.97 Å². The monoisotopic (exact) mass is 295 g/mol. The maximum Gasteiger partial charge on any atom is 0.226 e.